The minimum absolute atomic E-state index is 0.194. The van der Waals surface area contributed by atoms with Gasteiger partial charge >= 0.3 is 0 Å². The van der Waals surface area contributed by atoms with E-state index in [0.29, 0.717) is 0 Å². The minimum atomic E-state index is -2.25. The van der Waals surface area contributed by atoms with Crippen LogP contribution in [0.4, 0.5) is 8.78 Å². The van der Waals surface area contributed by atoms with E-state index in [9.17, 15) is 8.78 Å². The molecule has 0 rings (SSSR count). The average molecular weight is 109 g/mol. The van der Waals surface area contributed by atoms with Gasteiger partial charge in [-0.15, -0.1) is 0 Å². The second-order valence-corrected chi connectivity index (χ2v) is 1.60. The summed E-state index contributed by atoms with van der Waals surface area (Å²) in [6, 6.07) is -0.375. The van der Waals surface area contributed by atoms with E-state index in [1.54, 1.807) is 6.92 Å². The normalized spacial score (nSPS) is 15.0. The number of nitrogens with two attached hydrogens (primary N) is 1. The largest absolute Gasteiger partial charge is 0.328 e. The van der Waals surface area contributed by atoms with Crippen LogP contribution in [0, 0.1) is 0 Å². The molecule has 0 spiro atoms. The minimum Gasteiger partial charge on any atom is -0.328 e. The van der Waals surface area contributed by atoms with E-state index in [2.05, 4.69) is 0 Å². The second-order valence-electron chi connectivity index (χ2n) is 1.60. The van der Waals surface area contributed by atoms with E-state index in [4.69, 9.17) is 5.73 Å². The number of hydrogen-bond acceptors (Lipinski definition) is 1. The quantitative estimate of drug-likeness (QED) is 0.562. The van der Waals surface area contributed by atoms with Crippen molar-refractivity contribution in [2.45, 2.75) is 25.8 Å². The first kappa shape index (κ1) is 6.82. The van der Waals surface area contributed by atoms with E-state index in [1.807, 2.05) is 0 Å². The van der Waals surface area contributed by atoms with Crippen LogP contribution in [0.2, 0.25) is 0 Å². The van der Waals surface area contributed by atoms with Crippen molar-refractivity contribution in [2.75, 3.05) is 0 Å². The van der Waals surface area contributed by atoms with Crippen LogP contribution < -0.4 is 5.73 Å². The number of hydrogen-bond donors (Lipinski definition) is 1. The van der Waals surface area contributed by atoms with Crippen LogP contribution in [-0.4, -0.2) is 12.5 Å². The molecule has 0 unspecified atom stereocenters. The number of alkyl halides is 2. The molecule has 0 aliphatic rings. The lowest BCUT2D eigenvalue weighted by Gasteiger charge is -2.00. The molecule has 0 fully saturated rings. The van der Waals surface area contributed by atoms with Gasteiger partial charge in [-0.05, 0) is 6.92 Å². The zero-order valence-corrected chi connectivity index (χ0v) is 4.20. The second kappa shape index (κ2) is 2.91. The molecule has 1 nitrogen and oxygen atoms in total. The molecule has 0 saturated heterocycles. The van der Waals surface area contributed by atoms with Crippen LogP contribution in [0.3, 0.4) is 0 Å². The molecule has 0 radical (unpaired) electrons. The molecule has 0 bridgehead atoms. The summed E-state index contributed by atoms with van der Waals surface area (Å²) in [5.74, 6) is 0. The zero-order chi connectivity index (χ0) is 5.86. The van der Waals surface area contributed by atoms with Gasteiger partial charge in [0.25, 0.3) is 0 Å². The van der Waals surface area contributed by atoms with Gasteiger partial charge in [-0.1, -0.05) is 0 Å². The lowest BCUT2D eigenvalue weighted by atomic mass is 10.3. The monoisotopic (exact) mass is 109 g/mol. The maximum absolute atomic E-state index is 11.2. The average Bonchev–Trinajstić information content (AvgIpc) is 1.27. The van der Waals surface area contributed by atoms with Gasteiger partial charge in [0.2, 0.25) is 6.43 Å². The van der Waals surface area contributed by atoms with Crippen molar-refractivity contribution >= 4 is 0 Å². The zero-order valence-electron chi connectivity index (χ0n) is 4.20. The summed E-state index contributed by atoms with van der Waals surface area (Å²) in [4.78, 5) is 0. The summed E-state index contributed by atoms with van der Waals surface area (Å²) < 4.78 is 22.4. The number of rotatable bonds is 2. The Morgan fingerprint density at radius 2 is 2.00 bits per heavy atom. The van der Waals surface area contributed by atoms with Crippen LogP contribution in [0.15, 0.2) is 0 Å². The molecular formula is C4H9F2N. The maximum Gasteiger partial charge on any atom is 0.240 e. The first-order valence-electron chi connectivity index (χ1n) is 2.16. The molecule has 3 heteroatoms. The van der Waals surface area contributed by atoms with Crippen molar-refractivity contribution in [3.8, 4) is 0 Å². The Kier molecular flexibility index (Phi) is 2.83. The predicted octanol–water partition coefficient (Wildman–Crippen LogP) is 0.989. The lowest BCUT2D eigenvalue weighted by molar-refractivity contribution is 0.130. The van der Waals surface area contributed by atoms with Crippen LogP contribution in [-0.2, 0) is 0 Å². The van der Waals surface area contributed by atoms with Gasteiger partial charge in [0.15, 0.2) is 0 Å². The van der Waals surface area contributed by atoms with Gasteiger partial charge in [0, 0.05) is 12.5 Å². The summed E-state index contributed by atoms with van der Waals surface area (Å²) in [7, 11) is 0. The molecular weight excluding hydrogens is 100 g/mol. The van der Waals surface area contributed by atoms with Crippen LogP contribution in [0.5, 0.6) is 0 Å². The smallest absolute Gasteiger partial charge is 0.240 e. The first-order chi connectivity index (χ1) is 3.13. The third kappa shape index (κ3) is 5.82. The van der Waals surface area contributed by atoms with Crippen molar-refractivity contribution < 1.29 is 8.78 Å². The van der Waals surface area contributed by atoms with E-state index in [0.717, 1.165) is 0 Å². The molecule has 0 saturated carbocycles. The molecule has 0 aromatic heterocycles. The van der Waals surface area contributed by atoms with Crippen molar-refractivity contribution in [3.05, 3.63) is 0 Å². The molecule has 0 aliphatic heterocycles. The molecule has 1 atom stereocenters. The fourth-order valence-electron chi connectivity index (χ4n) is 0.281. The highest BCUT2D eigenvalue weighted by Gasteiger charge is 2.03. The Bertz CT molecular complexity index is 39.0. The topological polar surface area (TPSA) is 26.0 Å². The van der Waals surface area contributed by atoms with E-state index in [-0.39, 0.29) is 12.5 Å². The first-order valence-corrected chi connectivity index (χ1v) is 2.16. The Morgan fingerprint density at radius 1 is 1.57 bits per heavy atom. The van der Waals surface area contributed by atoms with Crippen molar-refractivity contribution in [1.29, 1.82) is 0 Å². The van der Waals surface area contributed by atoms with Crippen LogP contribution >= 0.6 is 0 Å². The Balaban J connectivity index is 2.95. The fourth-order valence-corrected chi connectivity index (χ4v) is 0.281. The summed E-state index contributed by atoms with van der Waals surface area (Å²) in [5.41, 5.74) is 5.01. The van der Waals surface area contributed by atoms with Crippen molar-refractivity contribution in [2.24, 2.45) is 5.73 Å². The highest BCUT2D eigenvalue weighted by Crippen LogP contribution is 1.99. The van der Waals surface area contributed by atoms with Crippen LogP contribution in [0.1, 0.15) is 13.3 Å². The standard InChI is InChI=1S/C4H9F2N/c1-3(7)2-4(5)6/h3-4H,2,7H2,1H3/t3-/m0/s1. The fraction of sp³-hybridized carbons (Fsp3) is 1.00. The molecule has 7 heavy (non-hydrogen) atoms. The van der Waals surface area contributed by atoms with Crippen molar-refractivity contribution in [1.82, 2.24) is 0 Å². The summed E-state index contributed by atoms with van der Waals surface area (Å²) >= 11 is 0. The molecule has 44 valence electrons. The molecule has 0 heterocycles. The maximum atomic E-state index is 11.2. The summed E-state index contributed by atoms with van der Waals surface area (Å²) in [6.07, 6.45) is -2.44. The number of halogens is 2. The molecule has 2 N–H and O–H groups in total. The Hall–Kier alpha value is -0.180. The summed E-state index contributed by atoms with van der Waals surface area (Å²) in [5, 5.41) is 0. The third-order valence-corrected chi connectivity index (χ3v) is 0.550. The van der Waals surface area contributed by atoms with Crippen molar-refractivity contribution in [3.63, 3.8) is 0 Å². The predicted molar refractivity (Wildman–Crippen MR) is 24.3 cm³/mol. The SMILES string of the molecule is C[C@H](N)CC(F)F. The van der Waals surface area contributed by atoms with Gasteiger partial charge in [-0.25, -0.2) is 8.78 Å². The summed E-state index contributed by atoms with van der Waals surface area (Å²) in [6.45, 7) is 1.56. The molecule has 0 aromatic rings. The highest BCUT2D eigenvalue weighted by molar-refractivity contribution is 4.52. The van der Waals surface area contributed by atoms with Gasteiger partial charge in [0.05, 0.1) is 0 Å². The van der Waals surface area contributed by atoms with E-state index < -0.39 is 6.43 Å². The van der Waals surface area contributed by atoms with Gasteiger partial charge in [0.1, 0.15) is 0 Å². The molecule has 0 aromatic carbocycles. The lowest BCUT2D eigenvalue weighted by Crippen LogP contribution is -2.17. The third-order valence-electron chi connectivity index (χ3n) is 0.550. The van der Waals surface area contributed by atoms with Gasteiger partial charge in [-0.2, -0.15) is 0 Å². The molecule has 0 amide bonds. The van der Waals surface area contributed by atoms with E-state index in [1.165, 1.54) is 0 Å². The van der Waals surface area contributed by atoms with Gasteiger partial charge < -0.3 is 5.73 Å². The molecule has 0 aliphatic carbocycles. The van der Waals surface area contributed by atoms with Crippen LogP contribution in [0.25, 0.3) is 0 Å². The van der Waals surface area contributed by atoms with Gasteiger partial charge in [-0.3, -0.25) is 0 Å². The highest BCUT2D eigenvalue weighted by atomic mass is 19.3. The van der Waals surface area contributed by atoms with E-state index >= 15 is 0 Å². The Labute approximate surface area is 41.5 Å². The Morgan fingerprint density at radius 3 is 2.00 bits per heavy atom.